The fourth-order valence-corrected chi connectivity index (χ4v) is 4.34. The highest BCUT2D eigenvalue weighted by molar-refractivity contribution is 6.36. The van der Waals surface area contributed by atoms with Crippen molar-refractivity contribution in [1.82, 2.24) is 0 Å². The van der Waals surface area contributed by atoms with Crippen molar-refractivity contribution in [3.63, 3.8) is 0 Å². The van der Waals surface area contributed by atoms with E-state index in [9.17, 15) is 10.1 Å². The van der Waals surface area contributed by atoms with Crippen molar-refractivity contribution in [1.29, 1.82) is 5.26 Å². The van der Waals surface area contributed by atoms with Crippen LogP contribution in [-0.2, 0) is 0 Å². The summed E-state index contributed by atoms with van der Waals surface area (Å²) in [4.78, 5) is 12.6. The zero-order chi connectivity index (χ0) is 25.8. The molecule has 0 radical (unpaired) electrons. The number of carbonyl (C=O) groups is 1. The Labute approximate surface area is 219 Å². The highest BCUT2D eigenvalue weighted by Gasteiger charge is 2.31. The summed E-state index contributed by atoms with van der Waals surface area (Å²) in [5.74, 6) is 0.743. The van der Waals surface area contributed by atoms with E-state index in [2.05, 4.69) is 19.9 Å². The SMILES string of the molecule is CC(C)CCOc1cccc(C2C(C#N)=C(N)Oc3cc(OC(=O)c4ccc(Cl)cc4Cl)ccc32)c1. The van der Waals surface area contributed by atoms with Gasteiger partial charge in [-0.25, -0.2) is 4.79 Å². The number of ether oxygens (including phenoxy) is 3. The quantitative estimate of drug-likeness (QED) is 0.269. The number of halogens is 2. The number of nitrogens with zero attached hydrogens (tertiary/aromatic N) is 1. The van der Waals surface area contributed by atoms with Crippen LogP contribution in [0.1, 0.15) is 47.7 Å². The van der Waals surface area contributed by atoms with Crippen molar-refractivity contribution in [2.45, 2.75) is 26.2 Å². The summed E-state index contributed by atoms with van der Waals surface area (Å²) in [5, 5.41) is 10.4. The molecule has 2 N–H and O–H groups in total. The normalized spacial score (nSPS) is 14.6. The molecular weight excluding hydrogens is 499 g/mol. The second-order valence-electron chi connectivity index (χ2n) is 8.74. The molecule has 1 unspecified atom stereocenters. The van der Waals surface area contributed by atoms with E-state index in [1.807, 2.05) is 24.3 Å². The first-order valence-electron chi connectivity index (χ1n) is 11.4. The lowest BCUT2D eigenvalue weighted by atomic mass is 9.83. The Bertz CT molecular complexity index is 1380. The van der Waals surface area contributed by atoms with Crippen LogP contribution in [0, 0.1) is 17.2 Å². The number of allylic oxidation sites excluding steroid dienone is 1. The number of esters is 1. The molecule has 0 aromatic heterocycles. The van der Waals surface area contributed by atoms with E-state index in [4.69, 9.17) is 43.1 Å². The van der Waals surface area contributed by atoms with Gasteiger partial charge in [0.2, 0.25) is 5.88 Å². The van der Waals surface area contributed by atoms with Crippen molar-refractivity contribution in [3.05, 3.63) is 98.9 Å². The summed E-state index contributed by atoms with van der Waals surface area (Å²) in [5.41, 5.74) is 8.14. The number of nitriles is 1. The third-order valence-corrected chi connectivity index (χ3v) is 6.26. The average molecular weight is 523 g/mol. The predicted octanol–water partition coefficient (Wildman–Crippen LogP) is 6.86. The van der Waals surface area contributed by atoms with Gasteiger partial charge in [-0.3, -0.25) is 0 Å². The van der Waals surface area contributed by atoms with Gasteiger partial charge < -0.3 is 19.9 Å². The molecule has 1 aliphatic heterocycles. The summed E-state index contributed by atoms with van der Waals surface area (Å²) < 4.78 is 17.2. The largest absolute Gasteiger partial charge is 0.494 e. The summed E-state index contributed by atoms with van der Waals surface area (Å²) in [6, 6.07) is 19.2. The van der Waals surface area contributed by atoms with Crippen LogP contribution in [0.3, 0.4) is 0 Å². The highest BCUT2D eigenvalue weighted by Crippen LogP contribution is 2.44. The summed E-state index contributed by atoms with van der Waals surface area (Å²) >= 11 is 12.0. The molecule has 1 heterocycles. The van der Waals surface area contributed by atoms with Gasteiger partial charge in [-0.2, -0.15) is 5.26 Å². The molecule has 0 bridgehead atoms. The van der Waals surface area contributed by atoms with Crippen LogP contribution < -0.4 is 19.9 Å². The Balaban J connectivity index is 1.63. The molecule has 4 rings (SSSR count). The second-order valence-corrected chi connectivity index (χ2v) is 9.59. The van der Waals surface area contributed by atoms with Crippen molar-refractivity contribution in [2.75, 3.05) is 6.61 Å². The van der Waals surface area contributed by atoms with Gasteiger partial charge in [-0.15, -0.1) is 0 Å². The Morgan fingerprint density at radius 2 is 1.92 bits per heavy atom. The van der Waals surface area contributed by atoms with E-state index in [0.29, 0.717) is 40.2 Å². The zero-order valence-corrected chi connectivity index (χ0v) is 21.3. The third-order valence-electron chi connectivity index (χ3n) is 5.71. The molecule has 3 aromatic carbocycles. The van der Waals surface area contributed by atoms with Crippen molar-refractivity contribution < 1.29 is 19.0 Å². The lowest BCUT2D eigenvalue weighted by Crippen LogP contribution is -2.21. The zero-order valence-electron chi connectivity index (χ0n) is 19.8. The maximum absolute atomic E-state index is 12.6. The lowest BCUT2D eigenvalue weighted by molar-refractivity contribution is 0.0734. The van der Waals surface area contributed by atoms with Crippen LogP contribution >= 0.6 is 23.2 Å². The van der Waals surface area contributed by atoms with E-state index in [-0.39, 0.29) is 22.2 Å². The monoisotopic (exact) mass is 522 g/mol. The number of carbonyl (C=O) groups excluding carboxylic acids is 1. The molecule has 1 aliphatic rings. The molecule has 3 aromatic rings. The minimum Gasteiger partial charge on any atom is -0.494 e. The predicted molar refractivity (Wildman–Crippen MR) is 139 cm³/mol. The van der Waals surface area contributed by atoms with Gasteiger partial charge in [0, 0.05) is 16.7 Å². The molecule has 0 amide bonds. The van der Waals surface area contributed by atoms with Gasteiger partial charge in [-0.1, -0.05) is 55.2 Å². The molecule has 36 heavy (non-hydrogen) atoms. The minimum absolute atomic E-state index is 0.00893. The summed E-state index contributed by atoms with van der Waals surface area (Å²) in [6.45, 7) is 4.88. The maximum Gasteiger partial charge on any atom is 0.345 e. The topological polar surface area (TPSA) is 94.6 Å². The van der Waals surface area contributed by atoms with Gasteiger partial charge in [0.05, 0.1) is 23.1 Å². The number of rotatable bonds is 7. The van der Waals surface area contributed by atoms with E-state index in [1.54, 1.807) is 24.3 Å². The van der Waals surface area contributed by atoms with E-state index < -0.39 is 11.9 Å². The fraction of sp³-hybridized carbons (Fsp3) is 0.214. The molecular formula is C28H24Cl2N2O4. The standard InChI is InChI=1S/C28H24Cl2N2O4/c1-16(2)10-11-34-19-5-3-4-17(12-19)26-22-9-7-20(14-25(22)36-27(32)23(26)15-31)35-28(33)21-8-6-18(29)13-24(21)30/h3-9,12-14,16,26H,10-11,32H2,1-2H3. The molecule has 0 saturated heterocycles. The molecule has 184 valence electrons. The Morgan fingerprint density at radius 3 is 2.64 bits per heavy atom. The van der Waals surface area contributed by atoms with Crippen LogP contribution in [0.15, 0.2) is 72.1 Å². The molecule has 8 heteroatoms. The maximum atomic E-state index is 12.6. The smallest absolute Gasteiger partial charge is 0.345 e. The Kier molecular flexibility index (Phi) is 7.73. The van der Waals surface area contributed by atoms with Gasteiger partial charge >= 0.3 is 5.97 Å². The first kappa shape index (κ1) is 25.4. The van der Waals surface area contributed by atoms with Crippen LogP contribution in [0.4, 0.5) is 0 Å². The lowest BCUT2D eigenvalue weighted by Gasteiger charge is -2.27. The molecule has 0 fully saturated rings. The summed E-state index contributed by atoms with van der Waals surface area (Å²) in [6.07, 6.45) is 0.934. The van der Waals surface area contributed by atoms with Crippen molar-refractivity contribution >= 4 is 29.2 Å². The number of fused-ring (bicyclic) bond motifs is 1. The Hall–Kier alpha value is -3.66. The third kappa shape index (κ3) is 5.59. The average Bonchev–Trinajstić information content (AvgIpc) is 2.83. The van der Waals surface area contributed by atoms with E-state index >= 15 is 0 Å². The van der Waals surface area contributed by atoms with E-state index in [1.165, 1.54) is 12.1 Å². The molecule has 0 spiro atoms. The van der Waals surface area contributed by atoms with Crippen LogP contribution in [0.2, 0.25) is 10.0 Å². The van der Waals surface area contributed by atoms with Gasteiger partial charge in [0.25, 0.3) is 0 Å². The number of nitrogens with two attached hydrogens (primary N) is 1. The molecule has 6 nitrogen and oxygen atoms in total. The second kappa shape index (κ2) is 10.9. The van der Waals surface area contributed by atoms with Crippen molar-refractivity contribution in [3.8, 4) is 23.3 Å². The first-order valence-corrected chi connectivity index (χ1v) is 12.1. The Morgan fingerprint density at radius 1 is 1.11 bits per heavy atom. The number of hydrogen-bond acceptors (Lipinski definition) is 6. The van der Waals surface area contributed by atoms with E-state index in [0.717, 1.165) is 12.0 Å². The van der Waals surface area contributed by atoms with Crippen LogP contribution in [0.25, 0.3) is 0 Å². The van der Waals surface area contributed by atoms with Crippen molar-refractivity contribution in [2.24, 2.45) is 11.7 Å². The van der Waals surface area contributed by atoms with Crippen LogP contribution in [-0.4, -0.2) is 12.6 Å². The number of hydrogen-bond donors (Lipinski definition) is 1. The highest BCUT2D eigenvalue weighted by atomic mass is 35.5. The summed E-state index contributed by atoms with van der Waals surface area (Å²) in [7, 11) is 0. The molecule has 1 atom stereocenters. The number of benzene rings is 3. The van der Waals surface area contributed by atoms with Crippen LogP contribution in [0.5, 0.6) is 17.2 Å². The van der Waals surface area contributed by atoms with Gasteiger partial charge in [0.1, 0.15) is 28.9 Å². The minimum atomic E-state index is -0.642. The fourth-order valence-electron chi connectivity index (χ4n) is 3.86. The first-order chi connectivity index (χ1) is 17.3. The van der Waals surface area contributed by atoms with Gasteiger partial charge in [-0.05, 0) is 54.3 Å². The molecule has 0 aliphatic carbocycles. The molecule has 0 saturated carbocycles. The van der Waals surface area contributed by atoms with Gasteiger partial charge in [0.15, 0.2) is 0 Å².